The Balaban J connectivity index is 4.59. The van der Waals surface area contributed by atoms with E-state index in [4.69, 9.17) is 32.3 Å². The lowest BCUT2D eigenvalue weighted by atomic mass is 10.0. The minimum absolute atomic E-state index is 0.0301. The van der Waals surface area contributed by atoms with Gasteiger partial charge in [-0.25, -0.2) is 9.13 Å². The Kier molecular flexibility index (Phi) is 79.6. The van der Waals surface area contributed by atoms with E-state index in [0.717, 1.165) is 161 Å². The highest BCUT2D eigenvalue weighted by Crippen LogP contribution is 2.45. The monoisotopic (exact) mass is 1590 g/mol. The fourth-order valence-corrected chi connectivity index (χ4v) is 12.5. The van der Waals surface area contributed by atoms with Crippen LogP contribution in [0, 0.1) is 0 Å². The van der Waals surface area contributed by atoms with Crippen LogP contribution in [-0.2, 0) is 55.8 Å². The number of rotatable bonds is 79. The van der Waals surface area contributed by atoms with Gasteiger partial charge < -0.3 is 34.2 Å². The molecule has 0 saturated heterocycles. The lowest BCUT2D eigenvalue weighted by Crippen LogP contribution is -2.29. The standard InChI is InChI=1S/C93H152O16P2/c1-4-7-10-13-16-19-22-25-28-31-34-36-38-39-40-41-42-43-44-45-46-47-49-51-53-55-58-61-64-67-70-73-76-79-91(96)103-82-88(94)83-105-110(99,100)106-84-89(95)85-107-111(101,102)108-87-90(109-93(98)81-78-75-72-69-66-63-60-57-52-33-30-27-24-21-18-15-12-9-6-3)86-104-92(97)80-77-74-71-68-65-62-59-56-54-50-48-37-35-32-29-26-23-20-17-14-11-8-5-2/h7-12,16-21,25-30,34-37,39-40,50,52,54,57,63,66,72,75,88-90,94-95H,4-6,13-15,22-24,31-33,38,41-49,51,53,55-56,58-62,64-65,67-71,73-74,76-87H2,1-3H3,(H,99,100)(H,101,102)/b10-7-,11-8-,12-9-,19-16-,20-17-,21-18-,28-25-,29-26-,30-27-,36-34-,37-35-,40-39-,54-50-,57-52-,66-63-,75-72-. The third kappa shape index (κ3) is 85.1. The molecule has 0 aliphatic rings. The van der Waals surface area contributed by atoms with Crippen LogP contribution >= 0.6 is 15.6 Å². The fourth-order valence-electron chi connectivity index (χ4n) is 10.9. The van der Waals surface area contributed by atoms with Crippen molar-refractivity contribution in [3.8, 4) is 0 Å². The maximum absolute atomic E-state index is 13.0. The van der Waals surface area contributed by atoms with E-state index >= 15 is 0 Å². The Morgan fingerprint density at radius 3 is 0.748 bits per heavy atom. The van der Waals surface area contributed by atoms with Crippen molar-refractivity contribution in [2.75, 3.05) is 39.6 Å². The van der Waals surface area contributed by atoms with Crippen LogP contribution in [0.3, 0.4) is 0 Å². The second kappa shape index (κ2) is 83.8. The Labute approximate surface area is 674 Å². The van der Waals surface area contributed by atoms with E-state index in [2.05, 4.69) is 197 Å². The first-order valence-electron chi connectivity index (χ1n) is 42.7. The first-order valence-corrected chi connectivity index (χ1v) is 45.7. The number of ether oxygens (including phenoxy) is 3. The number of hydrogen-bond donors (Lipinski definition) is 4. The molecule has 16 nitrogen and oxygen atoms in total. The first-order chi connectivity index (χ1) is 54.2. The van der Waals surface area contributed by atoms with Crippen molar-refractivity contribution in [3.05, 3.63) is 194 Å². The molecule has 4 N–H and O–H groups in total. The summed E-state index contributed by atoms with van der Waals surface area (Å²) in [5.74, 6) is -1.69. The van der Waals surface area contributed by atoms with Crippen LogP contribution in [0.1, 0.15) is 316 Å². The second-order valence-electron chi connectivity index (χ2n) is 27.8. The van der Waals surface area contributed by atoms with Crippen LogP contribution in [-0.4, -0.2) is 95.9 Å². The summed E-state index contributed by atoms with van der Waals surface area (Å²) in [5, 5.41) is 20.7. The van der Waals surface area contributed by atoms with E-state index in [1.54, 1.807) is 0 Å². The third-order valence-corrected chi connectivity index (χ3v) is 19.2. The molecule has 5 atom stereocenters. The number of esters is 3. The van der Waals surface area contributed by atoms with Crippen LogP contribution in [0.4, 0.5) is 0 Å². The van der Waals surface area contributed by atoms with Gasteiger partial charge in [-0.2, -0.15) is 0 Å². The van der Waals surface area contributed by atoms with Crippen molar-refractivity contribution in [2.24, 2.45) is 0 Å². The zero-order chi connectivity index (χ0) is 80.8. The number of aliphatic hydroxyl groups excluding tert-OH is 2. The Hall–Kier alpha value is -5.61. The number of unbranched alkanes of at least 4 members (excludes halogenated alkanes) is 24. The molecular weight excluding hydrogens is 1430 g/mol. The van der Waals surface area contributed by atoms with E-state index in [1.165, 1.54) is 89.9 Å². The van der Waals surface area contributed by atoms with Gasteiger partial charge in [0.05, 0.1) is 26.4 Å². The number of aliphatic hydroxyl groups is 2. The molecule has 5 unspecified atom stereocenters. The van der Waals surface area contributed by atoms with Gasteiger partial charge in [0.2, 0.25) is 0 Å². The molecule has 630 valence electrons. The minimum Gasteiger partial charge on any atom is -0.463 e. The van der Waals surface area contributed by atoms with Crippen molar-refractivity contribution < 1.29 is 75.8 Å². The number of phosphoric acid groups is 2. The summed E-state index contributed by atoms with van der Waals surface area (Å²) in [6, 6.07) is 0. The molecule has 0 amide bonds. The summed E-state index contributed by atoms with van der Waals surface area (Å²) < 4.78 is 61.2. The lowest BCUT2D eigenvalue weighted by Gasteiger charge is -2.21. The molecule has 111 heavy (non-hydrogen) atoms. The van der Waals surface area contributed by atoms with Gasteiger partial charge in [-0.3, -0.25) is 32.5 Å². The zero-order valence-corrected chi connectivity index (χ0v) is 70.8. The highest BCUT2D eigenvalue weighted by molar-refractivity contribution is 7.47. The molecule has 0 heterocycles. The van der Waals surface area contributed by atoms with Crippen molar-refractivity contribution in [1.29, 1.82) is 0 Å². The topological polar surface area (TPSA) is 231 Å². The molecule has 0 aromatic carbocycles. The largest absolute Gasteiger partial charge is 0.472 e. The zero-order valence-electron chi connectivity index (χ0n) is 69.1. The molecule has 0 aromatic rings. The molecule has 0 radical (unpaired) electrons. The van der Waals surface area contributed by atoms with E-state index in [1.807, 2.05) is 18.2 Å². The molecule has 0 saturated carbocycles. The second-order valence-corrected chi connectivity index (χ2v) is 30.7. The molecular formula is C93H152O16P2. The van der Waals surface area contributed by atoms with E-state index in [9.17, 15) is 43.5 Å². The summed E-state index contributed by atoms with van der Waals surface area (Å²) in [5.41, 5.74) is 0. The van der Waals surface area contributed by atoms with Gasteiger partial charge in [0, 0.05) is 19.3 Å². The highest BCUT2D eigenvalue weighted by atomic mass is 31.2. The van der Waals surface area contributed by atoms with Crippen molar-refractivity contribution in [2.45, 2.75) is 334 Å². The molecule has 0 rings (SSSR count). The number of carbonyl (C=O) groups is 3. The van der Waals surface area contributed by atoms with Crippen molar-refractivity contribution in [1.82, 2.24) is 0 Å². The predicted octanol–water partition coefficient (Wildman–Crippen LogP) is 25.9. The minimum atomic E-state index is -4.97. The predicted molar refractivity (Wildman–Crippen MR) is 463 cm³/mol. The SMILES string of the molecule is CC/C=C\C/C=C\C/C=C\C/C=C\C/C=C\C/C=C\CCC(=O)OC(COC(=O)CCCCCCCCC/C=C\C/C=C\C/C=C\C/C=C\C/C=C\CC)COP(=O)(O)OCC(O)COP(=O)(O)OCC(O)COC(=O)CCCCCCCCCCCCCCCCCCC/C=C\C/C=C\C/C=C\C/C=C\C/C=C\CC. The molecule has 0 fully saturated rings. The average Bonchev–Trinajstić information content (AvgIpc) is 0.582. The third-order valence-electron chi connectivity index (χ3n) is 17.3. The van der Waals surface area contributed by atoms with Gasteiger partial charge in [0.25, 0.3) is 0 Å². The maximum Gasteiger partial charge on any atom is 0.472 e. The molecule has 18 heteroatoms. The Bertz CT molecular complexity index is 2800. The Morgan fingerprint density at radius 1 is 0.252 bits per heavy atom. The van der Waals surface area contributed by atoms with E-state index < -0.39 is 91.5 Å². The number of allylic oxidation sites excluding steroid dienone is 32. The molecule has 0 aliphatic heterocycles. The van der Waals surface area contributed by atoms with Gasteiger partial charge >= 0.3 is 33.6 Å². The fraction of sp³-hybridized carbons (Fsp3) is 0.624. The normalized spacial score (nSPS) is 14.8. The van der Waals surface area contributed by atoms with E-state index in [0.29, 0.717) is 25.7 Å². The smallest absolute Gasteiger partial charge is 0.463 e. The summed E-state index contributed by atoms with van der Waals surface area (Å²) >= 11 is 0. The lowest BCUT2D eigenvalue weighted by molar-refractivity contribution is -0.161. The van der Waals surface area contributed by atoms with Gasteiger partial charge in [-0.05, 0) is 148 Å². The highest BCUT2D eigenvalue weighted by Gasteiger charge is 2.29. The quantitative estimate of drug-likeness (QED) is 0.0146. The number of hydrogen-bond acceptors (Lipinski definition) is 14. The van der Waals surface area contributed by atoms with Crippen molar-refractivity contribution >= 4 is 33.6 Å². The molecule has 0 aliphatic carbocycles. The summed E-state index contributed by atoms with van der Waals surface area (Å²) in [4.78, 5) is 58.8. The Morgan fingerprint density at radius 2 is 0.468 bits per heavy atom. The summed E-state index contributed by atoms with van der Waals surface area (Å²) in [6.07, 6.45) is 111. The van der Waals surface area contributed by atoms with Gasteiger partial charge in [0.1, 0.15) is 25.4 Å². The maximum atomic E-state index is 13.0. The summed E-state index contributed by atoms with van der Waals surface area (Å²) in [6.45, 7) is 2.24. The molecule has 0 bridgehead atoms. The van der Waals surface area contributed by atoms with Gasteiger partial charge in [-0.1, -0.05) is 344 Å². The summed E-state index contributed by atoms with van der Waals surface area (Å²) in [7, 11) is -9.84. The van der Waals surface area contributed by atoms with E-state index in [-0.39, 0.29) is 19.3 Å². The van der Waals surface area contributed by atoms with Crippen LogP contribution in [0.25, 0.3) is 0 Å². The number of phosphoric ester groups is 2. The molecule has 0 spiro atoms. The van der Waals surface area contributed by atoms with Crippen LogP contribution in [0.15, 0.2) is 194 Å². The number of carbonyl (C=O) groups excluding carboxylic acids is 3. The van der Waals surface area contributed by atoms with Crippen molar-refractivity contribution in [3.63, 3.8) is 0 Å². The molecule has 0 aromatic heterocycles. The first kappa shape index (κ1) is 105. The van der Waals surface area contributed by atoms with Crippen LogP contribution < -0.4 is 0 Å². The average molecular weight is 1590 g/mol. The van der Waals surface area contributed by atoms with Gasteiger partial charge in [-0.15, -0.1) is 0 Å². The van der Waals surface area contributed by atoms with Gasteiger partial charge in [0.15, 0.2) is 6.10 Å². The van der Waals surface area contributed by atoms with Crippen LogP contribution in [0.2, 0.25) is 0 Å². The van der Waals surface area contributed by atoms with Crippen LogP contribution in [0.5, 0.6) is 0 Å².